The Kier molecular flexibility index (Phi) is 2.36. The second-order valence-electron chi connectivity index (χ2n) is 3.03. The molecule has 6 heteroatoms. The topological polar surface area (TPSA) is 67.5 Å². The zero-order chi connectivity index (χ0) is 11.0. The highest BCUT2D eigenvalue weighted by Crippen LogP contribution is 2.20. The molecule has 2 heterocycles. The number of nitrogens with zero attached hydrogens (tertiary/aromatic N) is 3. The average molecular weight is 223 g/mol. The Morgan fingerprint density at radius 3 is 2.80 bits per heavy atom. The van der Waals surface area contributed by atoms with E-state index in [4.69, 9.17) is 5.11 Å². The molecular formula is C9H9N3O2S. The van der Waals surface area contributed by atoms with Crippen molar-refractivity contribution in [2.45, 2.75) is 11.9 Å². The Hall–Kier alpha value is -1.56. The van der Waals surface area contributed by atoms with Crippen LogP contribution in [0.25, 0.3) is 5.65 Å². The van der Waals surface area contributed by atoms with Gasteiger partial charge in [0.25, 0.3) is 0 Å². The molecule has 0 aliphatic carbocycles. The van der Waals surface area contributed by atoms with Crippen LogP contribution in [0.5, 0.6) is 0 Å². The molecule has 0 unspecified atom stereocenters. The summed E-state index contributed by atoms with van der Waals surface area (Å²) in [7, 11) is 0. The average Bonchev–Trinajstić information content (AvgIpc) is 2.59. The number of fused-ring (bicyclic) bond motifs is 1. The van der Waals surface area contributed by atoms with Gasteiger partial charge < -0.3 is 5.11 Å². The molecule has 0 fully saturated rings. The Morgan fingerprint density at radius 1 is 1.47 bits per heavy atom. The van der Waals surface area contributed by atoms with Gasteiger partial charge in [0, 0.05) is 0 Å². The number of hydrogen-bond donors (Lipinski definition) is 1. The Bertz CT molecular complexity index is 535. The molecule has 5 nitrogen and oxygen atoms in total. The van der Waals surface area contributed by atoms with Gasteiger partial charge in [0.2, 0.25) is 0 Å². The molecule has 0 radical (unpaired) electrons. The first-order chi connectivity index (χ1) is 7.13. The number of carbonyl (C=O) groups is 1. The molecule has 0 saturated carbocycles. The van der Waals surface area contributed by atoms with E-state index in [-0.39, 0.29) is 5.56 Å². The summed E-state index contributed by atoms with van der Waals surface area (Å²) in [5.74, 6) is -0.195. The molecule has 78 valence electrons. The van der Waals surface area contributed by atoms with E-state index >= 15 is 0 Å². The maximum absolute atomic E-state index is 10.9. The van der Waals surface area contributed by atoms with Gasteiger partial charge in [-0.05, 0) is 25.3 Å². The lowest BCUT2D eigenvalue weighted by molar-refractivity contribution is 0.0696. The molecule has 0 saturated heterocycles. The SMILES string of the molecule is CSc1cc(C(=O)O)cc2nnc(C)n12. The van der Waals surface area contributed by atoms with Gasteiger partial charge in [-0.25, -0.2) is 4.79 Å². The van der Waals surface area contributed by atoms with Gasteiger partial charge in [0.1, 0.15) is 5.82 Å². The van der Waals surface area contributed by atoms with Crippen LogP contribution in [-0.4, -0.2) is 31.9 Å². The number of rotatable bonds is 2. The van der Waals surface area contributed by atoms with Crippen LogP contribution < -0.4 is 0 Å². The van der Waals surface area contributed by atoms with Crippen molar-refractivity contribution in [1.29, 1.82) is 0 Å². The van der Waals surface area contributed by atoms with E-state index in [1.165, 1.54) is 17.8 Å². The lowest BCUT2D eigenvalue weighted by Gasteiger charge is -2.04. The van der Waals surface area contributed by atoms with Crippen molar-refractivity contribution >= 4 is 23.4 Å². The summed E-state index contributed by atoms with van der Waals surface area (Å²) in [4.78, 5) is 10.9. The highest BCUT2D eigenvalue weighted by atomic mass is 32.2. The molecule has 0 aliphatic heterocycles. The first kappa shape index (κ1) is 9.97. The number of aryl methyl sites for hydroxylation is 1. The van der Waals surface area contributed by atoms with Gasteiger partial charge in [-0.1, -0.05) is 0 Å². The fraction of sp³-hybridized carbons (Fsp3) is 0.222. The predicted octanol–water partition coefficient (Wildman–Crippen LogP) is 1.46. The summed E-state index contributed by atoms with van der Waals surface area (Å²) < 4.78 is 1.83. The molecule has 0 bridgehead atoms. The number of carboxylic acids is 1. The summed E-state index contributed by atoms with van der Waals surface area (Å²) in [6, 6.07) is 3.14. The maximum Gasteiger partial charge on any atom is 0.335 e. The monoisotopic (exact) mass is 223 g/mol. The summed E-state index contributed by atoms with van der Waals surface area (Å²) >= 11 is 1.47. The fourth-order valence-electron chi connectivity index (χ4n) is 1.40. The first-order valence-corrected chi connectivity index (χ1v) is 5.49. The second kappa shape index (κ2) is 3.54. The normalized spacial score (nSPS) is 10.8. The van der Waals surface area contributed by atoms with Crippen molar-refractivity contribution in [2.75, 3.05) is 6.26 Å². The molecule has 0 aliphatic rings. The molecule has 15 heavy (non-hydrogen) atoms. The quantitative estimate of drug-likeness (QED) is 0.780. The van der Waals surface area contributed by atoms with E-state index in [2.05, 4.69) is 10.2 Å². The zero-order valence-electron chi connectivity index (χ0n) is 8.26. The molecule has 2 aromatic rings. The van der Waals surface area contributed by atoms with Crippen molar-refractivity contribution in [3.63, 3.8) is 0 Å². The molecule has 0 spiro atoms. The zero-order valence-corrected chi connectivity index (χ0v) is 9.08. The highest BCUT2D eigenvalue weighted by molar-refractivity contribution is 7.98. The molecule has 0 aromatic carbocycles. The van der Waals surface area contributed by atoms with E-state index in [0.717, 1.165) is 10.9 Å². The first-order valence-electron chi connectivity index (χ1n) is 4.26. The van der Waals surface area contributed by atoms with Crippen LogP contribution in [-0.2, 0) is 0 Å². The lowest BCUT2D eigenvalue weighted by atomic mass is 10.3. The third-order valence-corrected chi connectivity index (χ3v) is 2.81. The third-order valence-electron chi connectivity index (χ3n) is 2.09. The summed E-state index contributed by atoms with van der Waals surface area (Å²) in [5.41, 5.74) is 0.802. The molecule has 2 aromatic heterocycles. The second-order valence-corrected chi connectivity index (χ2v) is 3.86. The van der Waals surface area contributed by atoms with E-state index in [1.54, 1.807) is 6.07 Å². The highest BCUT2D eigenvalue weighted by Gasteiger charge is 2.11. The number of pyridine rings is 1. The number of carboxylic acid groups (broad SMARTS) is 1. The molecule has 1 N–H and O–H groups in total. The van der Waals surface area contributed by atoms with Crippen molar-refractivity contribution in [1.82, 2.24) is 14.6 Å². The van der Waals surface area contributed by atoms with Crippen molar-refractivity contribution in [2.24, 2.45) is 0 Å². The van der Waals surface area contributed by atoms with Crippen molar-refractivity contribution in [3.05, 3.63) is 23.5 Å². The molecule has 0 amide bonds. The van der Waals surface area contributed by atoms with Crippen LogP contribution in [0.2, 0.25) is 0 Å². The smallest absolute Gasteiger partial charge is 0.335 e. The van der Waals surface area contributed by atoms with Crippen LogP contribution in [0.3, 0.4) is 0 Å². The summed E-state index contributed by atoms with van der Waals surface area (Å²) in [6.45, 7) is 1.83. The van der Waals surface area contributed by atoms with Gasteiger partial charge >= 0.3 is 5.97 Å². The van der Waals surface area contributed by atoms with Crippen LogP contribution >= 0.6 is 11.8 Å². The minimum Gasteiger partial charge on any atom is -0.478 e. The Morgan fingerprint density at radius 2 is 2.20 bits per heavy atom. The predicted molar refractivity (Wildman–Crippen MR) is 56.5 cm³/mol. The summed E-state index contributed by atoms with van der Waals surface area (Å²) in [5, 5.41) is 17.5. The molecule has 2 rings (SSSR count). The van der Waals surface area contributed by atoms with Crippen LogP contribution in [0.15, 0.2) is 17.2 Å². The van der Waals surface area contributed by atoms with Crippen LogP contribution in [0.1, 0.15) is 16.2 Å². The Balaban J connectivity index is 2.79. The summed E-state index contributed by atoms with van der Waals surface area (Å²) in [6.07, 6.45) is 1.89. The number of thioether (sulfide) groups is 1. The molecular weight excluding hydrogens is 214 g/mol. The van der Waals surface area contributed by atoms with E-state index in [1.807, 2.05) is 17.6 Å². The number of hydrogen-bond acceptors (Lipinski definition) is 4. The largest absolute Gasteiger partial charge is 0.478 e. The van der Waals surface area contributed by atoms with E-state index in [0.29, 0.717) is 5.65 Å². The maximum atomic E-state index is 10.9. The van der Waals surface area contributed by atoms with Gasteiger partial charge in [0.15, 0.2) is 5.65 Å². The standard InChI is InChI=1S/C9H9N3O2S/c1-5-10-11-7-3-6(9(13)14)4-8(15-2)12(5)7/h3-4H,1-2H3,(H,13,14). The van der Waals surface area contributed by atoms with Crippen LogP contribution in [0, 0.1) is 6.92 Å². The lowest BCUT2D eigenvalue weighted by Crippen LogP contribution is -2.00. The van der Waals surface area contributed by atoms with Gasteiger partial charge in [-0.2, -0.15) is 0 Å². The number of aromatic carboxylic acids is 1. The van der Waals surface area contributed by atoms with E-state index in [9.17, 15) is 4.79 Å². The fourth-order valence-corrected chi connectivity index (χ4v) is 2.05. The van der Waals surface area contributed by atoms with Gasteiger partial charge in [-0.3, -0.25) is 4.40 Å². The van der Waals surface area contributed by atoms with Crippen LogP contribution in [0.4, 0.5) is 0 Å². The van der Waals surface area contributed by atoms with Crippen molar-refractivity contribution < 1.29 is 9.90 Å². The minimum absolute atomic E-state index is 0.235. The van der Waals surface area contributed by atoms with E-state index < -0.39 is 5.97 Å². The Labute approximate surface area is 90.1 Å². The van der Waals surface area contributed by atoms with Gasteiger partial charge in [0.05, 0.1) is 10.6 Å². The van der Waals surface area contributed by atoms with Gasteiger partial charge in [-0.15, -0.1) is 22.0 Å². The third kappa shape index (κ3) is 1.56. The van der Waals surface area contributed by atoms with Crippen molar-refractivity contribution in [3.8, 4) is 0 Å². The molecule has 0 atom stereocenters. The number of aromatic nitrogens is 3. The minimum atomic E-state index is -0.951.